The fourth-order valence-electron chi connectivity index (χ4n) is 4.93. The van der Waals surface area contributed by atoms with Gasteiger partial charge >= 0.3 is 0 Å². The number of hydrogen-bond donors (Lipinski definition) is 1. The molecule has 0 bridgehead atoms. The first kappa shape index (κ1) is 19.7. The minimum atomic E-state index is -0.510. The van der Waals surface area contributed by atoms with Crippen molar-refractivity contribution < 1.29 is 14.3 Å². The van der Waals surface area contributed by atoms with Gasteiger partial charge in [0.15, 0.2) is 0 Å². The van der Waals surface area contributed by atoms with Crippen LogP contribution in [0.2, 0.25) is 0 Å². The summed E-state index contributed by atoms with van der Waals surface area (Å²) in [4.78, 5) is 18.1. The van der Waals surface area contributed by atoms with E-state index in [0.717, 1.165) is 25.2 Å². The number of nitrogens with zero attached hydrogens (tertiary/aromatic N) is 1. The number of carbonyl (C=O) groups excluding carboxylic acids is 1. The first-order chi connectivity index (χ1) is 14.0. The highest BCUT2D eigenvalue weighted by atomic mass is 16.5. The molecule has 3 atom stereocenters. The van der Waals surface area contributed by atoms with E-state index >= 15 is 0 Å². The van der Waals surface area contributed by atoms with Crippen molar-refractivity contribution in [2.45, 2.75) is 50.9 Å². The Balaban J connectivity index is 1.73. The van der Waals surface area contributed by atoms with Crippen LogP contribution in [0.15, 0.2) is 36.4 Å². The lowest BCUT2D eigenvalue weighted by molar-refractivity contribution is -0.123. The number of anilines is 1. The van der Waals surface area contributed by atoms with E-state index < -0.39 is 5.41 Å². The number of aromatic nitrogens is 1. The Kier molecular flexibility index (Phi) is 5.24. The summed E-state index contributed by atoms with van der Waals surface area (Å²) in [7, 11) is 3.11. The van der Waals surface area contributed by atoms with Crippen LogP contribution in [0.3, 0.4) is 0 Å². The van der Waals surface area contributed by atoms with Crippen molar-refractivity contribution in [2.24, 2.45) is 11.8 Å². The number of hydrogen-bond acceptors (Lipinski definition) is 4. The van der Waals surface area contributed by atoms with Crippen LogP contribution in [0.1, 0.15) is 56.6 Å². The van der Waals surface area contributed by atoms with Gasteiger partial charge in [0.05, 0.1) is 19.6 Å². The molecule has 1 aromatic heterocycles. The Hall–Kier alpha value is -2.56. The molecule has 4 rings (SSSR count). The van der Waals surface area contributed by atoms with Gasteiger partial charge in [-0.2, -0.15) is 4.98 Å². The predicted molar refractivity (Wildman–Crippen MR) is 114 cm³/mol. The molecule has 2 aliphatic carbocycles. The van der Waals surface area contributed by atoms with Gasteiger partial charge in [-0.3, -0.25) is 4.79 Å². The highest BCUT2D eigenvalue weighted by molar-refractivity contribution is 6.00. The molecule has 0 aliphatic heterocycles. The van der Waals surface area contributed by atoms with Crippen LogP contribution >= 0.6 is 0 Å². The van der Waals surface area contributed by atoms with Gasteiger partial charge in [0.2, 0.25) is 17.7 Å². The SMILES string of the molecule is COc1ccc(NC(=O)[C@]2(c3ccccc3C(C)C)CCC3CC3C2)c(OC)n1. The van der Waals surface area contributed by atoms with E-state index in [1.165, 1.54) is 17.5 Å². The van der Waals surface area contributed by atoms with Crippen molar-refractivity contribution in [3.8, 4) is 11.8 Å². The van der Waals surface area contributed by atoms with E-state index in [2.05, 4.69) is 48.4 Å². The highest BCUT2D eigenvalue weighted by Crippen LogP contribution is 2.57. The smallest absolute Gasteiger partial charge is 0.240 e. The van der Waals surface area contributed by atoms with E-state index in [4.69, 9.17) is 9.47 Å². The lowest BCUT2D eigenvalue weighted by Gasteiger charge is -2.38. The molecule has 0 saturated heterocycles. The first-order valence-corrected chi connectivity index (χ1v) is 10.5. The van der Waals surface area contributed by atoms with Gasteiger partial charge < -0.3 is 14.8 Å². The molecular weight excluding hydrogens is 364 g/mol. The molecule has 0 radical (unpaired) electrons. The highest BCUT2D eigenvalue weighted by Gasteiger charge is 2.53. The second kappa shape index (κ2) is 7.69. The van der Waals surface area contributed by atoms with E-state index in [1.54, 1.807) is 26.4 Å². The van der Waals surface area contributed by atoms with Gasteiger partial charge in [-0.05, 0) is 60.6 Å². The lowest BCUT2D eigenvalue weighted by Crippen LogP contribution is -2.43. The van der Waals surface area contributed by atoms with Crippen LogP contribution in [0, 0.1) is 11.8 Å². The normalized spacial score (nSPS) is 25.3. The lowest BCUT2D eigenvalue weighted by atomic mass is 9.66. The molecule has 1 N–H and O–H groups in total. The van der Waals surface area contributed by atoms with E-state index in [9.17, 15) is 4.79 Å². The minimum Gasteiger partial charge on any atom is -0.481 e. The summed E-state index contributed by atoms with van der Waals surface area (Å²) in [6.07, 6.45) is 4.17. The first-order valence-electron chi connectivity index (χ1n) is 10.5. The molecule has 154 valence electrons. The third-order valence-corrected chi connectivity index (χ3v) is 6.64. The molecule has 5 nitrogen and oxygen atoms in total. The summed E-state index contributed by atoms with van der Waals surface area (Å²) >= 11 is 0. The van der Waals surface area contributed by atoms with E-state index in [1.807, 2.05) is 0 Å². The average Bonchev–Trinajstić information content (AvgIpc) is 3.52. The number of methoxy groups -OCH3 is 2. The Morgan fingerprint density at radius 3 is 2.62 bits per heavy atom. The molecule has 1 amide bonds. The zero-order valence-electron chi connectivity index (χ0n) is 17.7. The van der Waals surface area contributed by atoms with Crippen molar-refractivity contribution in [2.75, 3.05) is 19.5 Å². The van der Waals surface area contributed by atoms with Crippen LogP contribution in [-0.4, -0.2) is 25.1 Å². The standard InChI is InChI=1S/C24H30N2O3/c1-15(2)18-7-5-6-8-19(18)24(12-11-16-13-17(16)14-24)23(27)25-20-9-10-21(28-3)26-22(20)29-4/h5-10,15-17H,11-14H2,1-4H3,(H,25,27)/t16?,17?,24-/m1/s1. The van der Waals surface area contributed by atoms with Crippen LogP contribution in [0.4, 0.5) is 5.69 Å². The Labute approximate surface area is 172 Å². The second-order valence-electron chi connectivity index (χ2n) is 8.69. The Bertz CT molecular complexity index is 911. The molecule has 5 heteroatoms. The summed E-state index contributed by atoms with van der Waals surface area (Å²) in [5, 5.41) is 3.15. The molecule has 2 saturated carbocycles. The Morgan fingerprint density at radius 2 is 1.93 bits per heavy atom. The van der Waals surface area contributed by atoms with Gasteiger partial charge in [-0.15, -0.1) is 0 Å². The van der Waals surface area contributed by atoms with Crippen LogP contribution in [0.5, 0.6) is 11.8 Å². The third kappa shape index (κ3) is 3.59. The summed E-state index contributed by atoms with van der Waals surface area (Å²) in [6.45, 7) is 4.40. The zero-order chi connectivity index (χ0) is 20.6. The average molecular weight is 395 g/mol. The third-order valence-electron chi connectivity index (χ3n) is 6.64. The second-order valence-corrected chi connectivity index (χ2v) is 8.69. The molecular formula is C24H30N2O3. The number of rotatable bonds is 6. The summed E-state index contributed by atoms with van der Waals surface area (Å²) in [6, 6.07) is 12.0. The maximum atomic E-state index is 13.8. The van der Waals surface area contributed by atoms with Gasteiger partial charge in [0.25, 0.3) is 0 Å². The molecule has 1 heterocycles. The summed E-state index contributed by atoms with van der Waals surface area (Å²) < 4.78 is 10.6. The predicted octanol–water partition coefficient (Wildman–Crippen LogP) is 4.92. The van der Waals surface area contributed by atoms with Crippen molar-refractivity contribution in [1.29, 1.82) is 0 Å². The van der Waals surface area contributed by atoms with Gasteiger partial charge in [0.1, 0.15) is 5.69 Å². The monoisotopic (exact) mass is 394 g/mol. The molecule has 2 fully saturated rings. The number of ether oxygens (including phenoxy) is 2. The molecule has 29 heavy (non-hydrogen) atoms. The summed E-state index contributed by atoms with van der Waals surface area (Å²) in [5.41, 5.74) is 2.51. The maximum absolute atomic E-state index is 13.8. The minimum absolute atomic E-state index is 0.0428. The number of pyridine rings is 1. The van der Waals surface area contributed by atoms with Gasteiger partial charge in [-0.25, -0.2) is 0 Å². The van der Waals surface area contributed by atoms with Crippen LogP contribution in [-0.2, 0) is 10.2 Å². The molecule has 1 aromatic carbocycles. The van der Waals surface area contributed by atoms with E-state index in [0.29, 0.717) is 29.3 Å². The number of amides is 1. The maximum Gasteiger partial charge on any atom is 0.240 e. The van der Waals surface area contributed by atoms with E-state index in [-0.39, 0.29) is 5.91 Å². The van der Waals surface area contributed by atoms with Crippen LogP contribution in [0.25, 0.3) is 0 Å². The zero-order valence-corrected chi connectivity index (χ0v) is 17.7. The van der Waals surface area contributed by atoms with Crippen molar-refractivity contribution in [3.05, 3.63) is 47.5 Å². The van der Waals surface area contributed by atoms with Crippen LogP contribution < -0.4 is 14.8 Å². The Morgan fingerprint density at radius 1 is 1.14 bits per heavy atom. The fraction of sp³-hybridized carbons (Fsp3) is 0.500. The molecule has 0 spiro atoms. The summed E-state index contributed by atoms with van der Waals surface area (Å²) in [5.74, 6) is 2.69. The van der Waals surface area contributed by atoms with Gasteiger partial charge in [0, 0.05) is 6.07 Å². The quantitative estimate of drug-likeness (QED) is 0.755. The number of benzene rings is 1. The molecule has 2 aliphatic rings. The van der Waals surface area contributed by atoms with Crippen molar-refractivity contribution in [3.63, 3.8) is 0 Å². The van der Waals surface area contributed by atoms with Crippen molar-refractivity contribution in [1.82, 2.24) is 4.98 Å². The topological polar surface area (TPSA) is 60.5 Å². The number of carbonyl (C=O) groups is 1. The molecule has 2 aromatic rings. The fourth-order valence-corrected chi connectivity index (χ4v) is 4.93. The number of nitrogens with one attached hydrogen (secondary N) is 1. The number of fused-ring (bicyclic) bond motifs is 1. The van der Waals surface area contributed by atoms with Gasteiger partial charge in [-0.1, -0.05) is 38.1 Å². The largest absolute Gasteiger partial charge is 0.481 e. The molecule has 2 unspecified atom stereocenters. The van der Waals surface area contributed by atoms with Crippen molar-refractivity contribution >= 4 is 11.6 Å².